The highest BCUT2D eigenvalue weighted by atomic mass is 32.1. The molecule has 0 saturated heterocycles. The summed E-state index contributed by atoms with van der Waals surface area (Å²) in [6.45, 7) is 2.05. The summed E-state index contributed by atoms with van der Waals surface area (Å²) < 4.78 is 4.82. The number of carbonyl (C=O) groups excluding carboxylic acids is 2. The third-order valence-electron chi connectivity index (χ3n) is 4.12. The number of hydrogen-bond acceptors (Lipinski definition) is 7. The summed E-state index contributed by atoms with van der Waals surface area (Å²) in [5, 5.41) is 12.9. The van der Waals surface area contributed by atoms with Crippen LogP contribution in [0.4, 0.5) is 16.5 Å². The number of rotatable bonds is 8. The Morgan fingerprint density at radius 2 is 1.76 bits per heavy atom. The molecule has 150 valence electrons. The van der Waals surface area contributed by atoms with Crippen molar-refractivity contribution in [2.24, 2.45) is 0 Å². The Kier molecular flexibility index (Phi) is 6.91. The Hall–Kier alpha value is -3.26. The van der Waals surface area contributed by atoms with E-state index in [1.54, 1.807) is 19.1 Å². The summed E-state index contributed by atoms with van der Waals surface area (Å²) in [5.41, 5.74) is 2.62. The zero-order valence-corrected chi connectivity index (χ0v) is 17.1. The molecule has 0 unspecified atom stereocenters. The summed E-state index contributed by atoms with van der Waals surface area (Å²) in [4.78, 5) is 25.3. The second kappa shape index (κ2) is 9.79. The number of aromatic nitrogens is 2. The Balaban J connectivity index is 1.60. The van der Waals surface area contributed by atoms with Crippen molar-refractivity contribution in [3.8, 4) is 10.6 Å². The molecule has 0 bridgehead atoms. The zero-order chi connectivity index (χ0) is 20.6. The lowest BCUT2D eigenvalue weighted by molar-refractivity contribution is -0.144. The van der Waals surface area contributed by atoms with E-state index in [0.717, 1.165) is 21.4 Å². The van der Waals surface area contributed by atoms with Crippen molar-refractivity contribution >= 4 is 39.7 Å². The number of amides is 1. The molecule has 3 rings (SSSR count). The average molecular weight is 410 g/mol. The molecule has 0 aliphatic carbocycles. The second-order valence-electron chi connectivity index (χ2n) is 6.21. The summed E-state index contributed by atoms with van der Waals surface area (Å²) in [7, 11) is 1.95. The van der Waals surface area contributed by atoms with Crippen molar-refractivity contribution in [1.82, 2.24) is 10.2 Å². The molecule has 3 aromatic rings. The number of esters is 1. The van der Waals surface area contributed by atoms with Crippen LogP contribution in [0.2, 0.25) is 0 Å². The van der Waals surface area contributed by atoms with E-state index >= 15 is 0 Å². The van der Waals surface area contributed by atoms with Crippen molar-refractivity contribution in [1.29, 1.82) is 0 Å². The maximum atomic E-state index is 11.9. The topological polar surface area (TPSA) is 84.4 Å². The van der Waals surface area contributed by atoms with Crippen LogP contribution in [0.3, 0.4) is 0 Å². The summed E-state index contributed by atoms with van der Waals surface area (Å²) in [5.74, 6) is -0.598. The van der Waals surface area contributed by atoms with Gasteiger partial charge in [0.05, 0.1) is 13.0 Å². The number of para-hydroxylation sites is 1. The van der Waals surface area contributed by atoms with Gasteiger partial charge in [-0.25, -0.2) is 0 Å². The molecular formula is C21H22N4O3S. The highest BCUT2D eigenvalue weighted by Gasteiger charge is 2.12. The maximum absolute atomic E-state index is 11.9. The zero-order valence-electron chi connectivity index (χ0n) is 16.3. The first-order valence-electron chi connectivity index (χ1n) is 9.25. The van der Waals surface area contributed by atoms with Gasteiger partial charge in [-0.2, -0.15) is 0 Å². The first kappa shape index (κ1) is 20.5. The molecule has 2 aromatic carbocycles. The van der Waals surface area contributed by atoms with Gasteiger partial charge in [-0.1, -0.05) is 29.5 Å². The molecule has 0 aliphatic heterocycles. The molecule has 0 aliphatic rings. The smallest absolute Gasteiger partial charge is 0.306 e. The van der Waals surface area contributed by atoms with Crippen LogP contribution in [0.5, 0.6) is 0 Å². The lowest BCUT2D eigenvalue weighted by Crippen LogP contribution is -2.14. The van der Waals surface area contributed by atoms with E-state index in [-0.39, 0.29) is 24.7 Å². The van der Waals surface area contributed by atoms with Crippen LogP contribution >= 0.6 is 11.3 Å². The normalized spacial score (nSPS) is 10.4. The van der Waals surface area contributed by atoms with Gasteiger partial charge in [-0.15, -0.1) is 10.2 Å². The number of ether oxygens (including phenoxy) is 1. The predicted molar refractivity (Wildman–Crippen MR) is 114 cm³/mol. The van der Waals surface area contributed by atoms with Crippen LogP contribution in [0.1, 0.15) is 19.8 Å². The fourth-order valence-corrected chi connectivity index (χ4v) is 3.43. The van der Waals surface area contributed by atoms with E-state index < -0.39 is 0 Å². The second-order valence-corrected chi connectivity index (χ2v) is 7.17. The van der Waals surface area contributed by atoms with E-state index in [1.807, 2.05) is 54.4 Å². The van der Waals surface area contributed by atoms with Gasteiger partial charge in [0, 0.05) is 30.4 Å². The van der Waals surface area contributed by atoms with E-state index in [2.05, 4.69) is 15.5 Å². The van der Waals surface area contributed by atoms with Crippen molar-refractivity contribution in [2.75, 3.05) is 23.9 Å². The van der Waals surface area contributed by atoms with E-state index in [9.17, 15) is 9.59 Å². The number of nitrogens with one attached hydrogen (secondary N) is 1. The fourth-order valence-electron chi connectivity index (χ4n) is 2.60. The van der Waals surface area contributed by atoms with Gasteiger partial charge in [0.15, 0.2) is 0 Å². The summed E-state index contributed by atoms with van der Waals surface area (Å²) in [6.07, 6.45) is 0.159. The SMILES string of the molecule is CCOC(=O)CCC(=O)Nc1ccc(-c2nnc(N(C)c3ccccc3)s2)cc1. The van der Waals surface area contributed by atoms with E-state index in [4.69, 9.17) is 4.74 Å². The number of nitrogens with zero attached hydrogens (tertiary/aromatic N) is 3. The van der Waals surface area contributed by atoms with Gasteiger partial charge in [0.25, 0.3) is 0 Å². The third-order valence-corrected chi connectivity index (χ3v) is 5.17. The largest absolute Gasteiger partial charge is 0.466 e. The Bertz CT molecular complexity index is 958. The monoisotopic (exact) mass is 410 g/mol. The van der Waals surface area contributed by atoms with Crippen molar-refractivity contribution in [3.63, 3.8) is 0 Å². The number of hydrogen-bond donors (Lipinski definition) is 1. The van der Waals surface area contributed by atoms with Crippen LogP contribution in [0.15, 0.2) is 54.6 Å². The molecule has 1 N–H and O–H groups in total. The lowest BCUT2D eigenvalue weighted by Gasteiger charge is -2.14. The first-order chi connectivity index (χ1) is 14.1. The molecular weight excluding hydrogens is 388 g/mol. The van der Waals surface area contributed by atoms with E-state index in [0.29, 0.717) is 12.3 Å². The minimum absolute atomic E-state index is 0.0697. The molecule has 1 heterocycles. The molecule has 7 nitrogen and oxygen atoms in total. The molecule has 0 atom stereocenters. The molecule has 8 heteroatoms. The highest BCUT2D eigenvalue weighted by molar-refractivity contribution is 7.18. The highest BCUT2D eigenvalue weighted by Crippen LogP contribution is 2.32. The van der Waals surface area contributed by atoms with Gasteiger partial charge in [-0.3, -0.25) is 9.59 Å². The Labute approximate surface area is 173 Å². The Morgan fingerprint density at radius 1 is 1.03 bits per heavy atom. The molecule has 29 heavy (non-hydrogen) atoms. The van der Waals surface area contributed by atoms with Gasteiger partial charge in [-0.05, 0) is 43.3 Å². The van der Waals surface area contributed by atoms with Gasteiger partial charge in [0.1, 0.15) is 5.01 Å². The average Bonchev–Trinajstić information content (AvgIpc) is 3.23. The van der Waals surface area contributed by atoms with Crippen LogP contribution in [0, 0.1) is 0 Å². The molecule has 0 fully saturated rings. The third kappa shape index (κ3) is 5.61. The van der Waals surface area contributed by atoms with Crippen LogP contribution < -0.4 is 10.2 Å². The Morgan fingerprint density at radius 3 is 2.45 bits per heavy atom. The van der Waals surface area contributed by atoms with E-state index in [1.165, 1.54) is 11.3 Å². The van der Waals surface area contributed by atoms with Crippen molar-refractivity contribution in [3.05, 3.63) is 54.6 Å². The van der Waals surface area contributed by atoms with Crippen molar-refractivity contribution < 1.29 is 14.3 Å². The quantitative estimate of drug-likeness (QED) is 0.559. The van der Waals surface area contributed by atoms with Crippen LogP contribution in [-0.4, -0.2) is 35.7 Å². The van der Waals surface area contributed by atoms with Crippen molar-refractivity contribution in [2.45, 2.75) is 19.8 Å². The predicted octanol–water partition coefficient (Wildman–Crippen LogP) is 4.25. The number of carbonyl (C=O) groups is 2. The molecule has 0 radical (unpaired) electrons. The fraction of sp³-hybridized carbons (Fsp3) is 0.238. The van der Waals surface area contributed by atoms with Gasteiger partial charge < -0.3 is 15.0 Å². The first-order valence-corrected chi connectivity index (χ1v) is 10.1. The minimum Gasteiger partial charge on any atom is -0.466 e. The number of anilines is 3. The minimum atomic E-state index is -0.370. The standard InChI is InChI=1S/C21H22N4O3S/c1-3-28-19(27)14-13-18(26)22-16-11-9-15(10-12-16)20-23-24-21(29-20)25(2)17-7-5-4-6-8-17/h4-12H,3,13-14H2,1-2H3,(H,22,26). The molecule has 0 spiro atoms. The summed E-state index contributed by atoms with van der Waals surface area (Å²) >= 11 is 1.49. The summed E-state index contributed by atoms with van der Waals surface area (Å²) in [6, 6.07) is 17.3. The lowest BCUT2D eigenvalue weighted by atomic mass is 10.2. The molecule has 1 aromatic heterocycles. The van der Waals surface area contributed by atoms with Gasteiger partial charge in [0.2, 0.25) is 11.0 Å². The van der Waals surface area contributed by atoms with Gasteiger partial charge >= 0.3 is 5.97 Å². The maximum Gasteiger partial charge on any atom is 0.306 e. The molecule has 1 amide bonds. The molecule has 0 saturated carbocycles. The van der Waals surface area contributed by atoms with Crippen LogP contribution in [-0.2, 0) is 14.3 Å². The number of benzene rings is 2. The van der Waals surface area contributed by atoms with Crippen LogP contribution in [0.25, 0.3) is 10.6 Å².